The van der Waals surface area contributed by atoms with Gasteiger partial charge in [0.25, 0.3) is 5.91 Å². The van der Waals surface area contributed by atoms with Gasteiger partial charge in [-0.15, -0.1) is 0 Å². The van der Waals surface area contributed by atoms with Gasteiger partial charge in [0.2, 0.25) is 5.91 Å². The number of nitrogens with zero attached hydrogens (tertiary/aromatic N) is 2. The van der Waals surface area contributed by atoms with Gasteiger partial charge in [-0.2, -0.15) is 13.2 Å². The number of amides is 2. The van der Waals surface area contributed by atoms with Gasteiger partial charge in [-0.05, 0) is 54.8 Å². The average molecular weight is 533 g/mol. The molecule has 37 heavy (non-hydrogen) atoms. The molecule has 2 aromatic carbocycles. The van der Waals surface area contributed by atoms with Crippen molar-refractivity contribution in [2.75, 3.05) is 23.7 Å². The molecule has 4 rings (SSSR count). The van der Waals surface area contributed by atoms with Gasteiger partial charge in [0.1, 0.15) is 0 Å². The minimum atomic E-state index is -4.38. The second-order valence-corrected chi connectivity index (χ2v) is 9.93. The number of alkyl halides is 3. The van der Waals surface area contributed by atoms with Gasteiger partial charge in [-0.1, -0.05) is 23.5 Å². The van der Waals surface area contributed by atoms with E-state index in [9.17, 15) is 22.8 Å². The van der Waals surface area contributed by atoms with Crippen LogP contribution in [0.5, 0.6) is 0 Å². The van der Waals surface area contributed by atoms with Crippen LogP contribution in [0.2, 0.25) is 0 Å². The van der Waals surface area contributed by atoms with Gasteiger partial charge in [0.05, 0.1) is 23.7 Å². The number of carbonyl (C=O) groups is 2. The van der Waals surface area contributed by atoms with Crippen LogP contribution in [0.25, 0.3) is 0 Å². The van der Waals surface area contributed by atoms with Crippen molar-refractivity contribution < 1.29 is 27.5 Å². The summed E-state index contributed by atoms with van der Waals surface area (Å²) in [6, 6.07) is 12.0. The summed E-state index contributed by atoms with van der Waals surface area (Å²) >= 11 is 1.42. The fourth-order valence-corrected chi connectivity index (χ4v) is 4.91. The zero-order valence-electron chi connectivity index (χ0n) is 20.2. The van der Waals surface area contributed by atoms with E-state index in [0.29, 0.717) is 35.0 Å². The third-order valence-corrected chi connectivity index (χ3v) is 6.71. The first-order valence-corrected chi connectivity index (χ1v) is 12.6. The molecule has 0 bridgehead atoms. The summed E-state index contributed by atoms with van der Waals surface area (Å²) in [5.74, 6) is -0.236. The van der Waals surface area contributed by atoms with Gasteiger partial charge in [-0.25, -0.2) is 4.98 Å². The summed E-state index contributed by atoms with van der Waals surface area (Å²) in [5, 5.41) is 6.78. The number of hydrogen-bond donors (Lipinski definition) is 2. The van der Waals surface area contributed by atoms with Crippen molar-refractivity contribution >= 4 is 34.0 Å². The third kappa shape index (κ3) is 7.53. The molecule has 1 aromatic heterocycles. The van der Waals surface area contributed by atoms with Gasteiger partial charge in [0, 0.05) is 43.5 Å². The molecule has 1 aliphatic rings. The maximum absolute atomic E-state index is 13.0. The lowest BCUT2D eigenvalue weighted by molar-refractivity contribution is -0.137. The van der Waals surface area contributed by atoms with E-state index in [-0.39, 0.29) is 31.1 Å². The molecule has 3 aromatic rings. The summed E-state index contributed by atoms with van der Waals surface area (Å²) in [5.41, 5.74) is 0.958. The van der Waals surface area contributed by atoms with Crippen LogP contribution in [0.3, 0.4) is 0 Å². The lowest BCUT2D eigenvalue weighted by Gasteiger charge is -2.33. The van der Waals surface area contributed by atoms with Gasteiger partial charge in [0.15, 0.2) is 5.13 Å². The van der Waals surface area contributed by atoms with Crippen LogP contribution < -0.4 is 10.6 Å². The molecule has 1 saturated heterocycles. The van der Waals surface area contributed by atoms with Crippen LogP contribution in [0, 0.1) is 0 Å². The maximum atomic E-state index is 13.0. The van der Waals surface area contributed by atoms with E-state index >= 15 is 0 Å². The fraction of sp³-hybridized carbons (Fsp3) is 0.346. The lowest BCUT2D eigenvalue weighted by Crippen LogP contribution is -2.45. The molecule has 196 valence electrons. The second kappa shape index (κ2) is 11.7. The Kier molecular flexibility index (Phi) is 8.45. The van der Waals surface area contributed by atoms with Crippen molar-refractivity contribution in [2.45, 2.75) is 45.2 Å². The summed E-state index contributed by atoms with van der Waals surface area (Å²) < 4.78 is 44.2. The molecular weight excluding hydrogens is 505 g/mol. The molecule has 0 aliphatic carbocycles. The Morgan fingerprint density at radius 3 is 2.68 bits per heavy atom. The molecule has 11 heteroatoms. The Hall–Kier alpha value is -3.44. The number of halogens is 3. The van der Waals surface area contributed by atoms with Crippen LogP contribution in [0.4, 0.5) is 24.0 Å². The van der Waals surface area contributed by atoms with E-state index in [2.05, 4.69) is 15.6 Å². The summed E-state index contributed by atoms with van der Waals surface area (Å²) in [6.07, 6.45) is -0.953. The fourth-order valence-electron chi connectivity index (χ4n) is 4.08. The van der Waals surface area contributed by atoms with Crippen LogP contribution in [-0.2, 0) is 28.9 Å². The van der Waals surface area contributed by atoms with E-state index < -0.39 is 11.7 Å². The van der Waals surface area contributed by atoms with E-state index in [4.69, 9.17) is 4.74 Å². The Labute approximate surface area is 216 Å². The number of piperidine rings is 1. The summed E-state index contributed by atoms with van der Waals surface area (Å²) in [6.45, 7) is 2.93. The van der Waals surface area contributed by atoms with Crippen molar-refractivity contribution in [3.8, 4) is 0 Å². The second-order valence-electron chi connectivity index (χ2n) is 8.82. The number of nitrogens with one attached hydrogen (secondary N) is 2. The number of carbonyl (C=O) groups excluding carboxylic acids is 2. The molecule has 0 spiro atoms. The third-order valence-electron chi connectivity index (χ3n) is 5.81. The first-order chi connectivity index (χ1) is 17.7. The molecule has 7 nitrogen and oxygen atoms in total. The highest BCUT2D eigenvalue weighted by molar-refractivity contribution is 7.15. The van der Waals surface area contributed by atoms with Crippen LogP contribution in [-0.4, -0.2) is 40.8 Å². The number of anilines is 2. The number of hydrogen-bond acceptors (Lipinski definition) is 6. The monoisotopic (exact) mass is 532 g/mol. The number of thiazole rings is 1. The molecule has 1 aliphatic heterocycles. The van der Waals surface area contributed by atoms with Crippen molar-refractivity contribution in [1.82, 2.24) is 9.88 Å². The molecule has 2 N–H and O–H groups in total. The molecule has 0 saturated carbocycles. The predicted molar refractivity (Wildman–Crippen MR) is 135 cm³/mol. The highest BCUT2D eigenvalue weighted by atomic mass is 32.1. The topological polar surface area (TPSA) is 83.6 Å². The highest BCUT2D eigenvalue weighted by Gasteiger charge is 2.30. The molecule has 2 heterocycles. The predicted octanol–water partition coefficient (Wildman–Crippen LogP) is 5.55. The van der Waals surface area contributed by atoms with E-state index in [0.717, 1.165) is 29.9 Å². The number of rotatable bonds is 8. The Morgan fingerprint density at radius 2 is 1.95 bits per heavy atom. The van der Waals surface area contributed by atoms with Crippen LogP contribution >= 0.6 is 11.3 Å². The highest BCUT2D eigenvalue weighted by Crippen LogP contribution is 2.30. The Balaban J connectivity index is 1.26. The smallest absolute Gasteiger partial charge is 0.371 e. The molecule has 1 atom stereocenters. The minimum Gasteiger partial charge on any atom is -0.371 e. The van der Waals surface area contributed by atoms with E-state index in [1.165, 1.54) is 24.3 Å². The van der Waals surface area contributed by atoms with Crippen molar-refractivity contribution in [3.05, 3.63) is 76.3 Å². The maximum Gasteiger partial charge on any atom is 0.416 e. The van der Waals surface area contributed by atoms with E-state index in [1.807, 2.05) is 0 Å². The number of ether oxygens (including phenoxy) is 1. The number of likely N-dealkylation sites (tertiary alicyclic amines) is 1. The lowest BCUT2D eigenvalue weighted by atomic mass is 10.0. The standard InChI is InChI=1S/C26H27F3N4O3S/c1-17(34)31-21-9-7-19(8-10-21)24(35)33-11-3-6-22(14-33)32-25-30-13-23(37-25)16-36-15-18-4-2-5-20(12-18)26(27,28)29/h2,4-5,7-10,12-13,22H,3,6,11,14-16H2,1H3,(H,30,32)(H,31,34)/t22-/m1/s1. The first kappa shape index (κ1) is 26.6. The Bertz CT molecular complexity index is 1230. The summed E-state index contributed by atoms with van der Waals surface area (Å²) in [7, 11) is 0. The normalized spacial score (nSPS) is 15.9. The summed E-state index contributed by atoms with van der Waals surface area (Å²) in [4.78, 5) is 31.2. The average Bonchev–Trinajstić information content (AvgIpc) is 3.30. The van der Waals surface area contributed by atoms with Gasteiger partial charge < -0.3 is 20.3 Å². The zero-order valence-corrected chi connectivity index (χ0v) is 21.0. The minimum absolute atomic E-state index is 0.0429. The van der Waals surface area contributed by atoms with Crippen LogP contribution in [0.1, 0.15) is 46.1 Å². The molecule has 0 radical (unpaired) electrons. The van der Waals surface area contributed by atoms with Crippen LogP contribution in [0.15, 0.2) is 54.7 Å². The molecule has 1 fully saturated rings. The number of benzene rings is 2. The molecule has 0 unspecified atom stereocenters. The Morgan fingerprint density at radius 1 is 1.16 bits per heavy atom. The van der Waals surface area contributed by atoms with Gasteiger partial charge in [-0.3, -0.25) is 9.59 Å². The van der Waals surface area contributed by atoms with Gasteiger partial charge >= 0.3 is 6.18 Å². The van der Waals surface area contributed by atoms with Crippen molar-refractivity contribution in [1.29, 1.82) is 0 Å². The largest absolute Gasteiger partial charge is 0.416 e. The van der Waals surface area contributed by atoms with Crippen molar-refractivity contribution in [3.63, 3.8) is 0 Å². The number of aromatic nitrogens is 1. The molecular formula is C26H27F3N4O3S. The van der Waals surface area contributed by atoms with E-state index in [1.54, 1.807) is 41.4 Å². The molecule has 2 amide bonds. The first-order valence-electron chi connectivity index (χ1n) is 11.8. The quantitative estimate of drug-likeness (QED) is 0.397. The van der Waals surface area contributed by atoms with Crippen molar-refractivity contribution in [2.24, 2.45) is 0 Å². The SMILES string of the molecule is CC(=O)Nc1ccc(C(=O)N2CCC[C@@H](Nc3ncc(COCc4cccc(C(F)(F)F)c4)s3)C2)cc1. The zero-order chi connectivity index (χ0) is 26.4.